The standard InChI is InChI=1S/C47H34/c1-29-21-22-39-41(23-29)47(45-27-34-16-8-7-15-33(34)26-40(45)32-13-5-4-6-14-32)43-25-31(3)30(2)24-42(43)46(39)44-28-35-17-9-10-18-36(35)37-19-11-12-20-38(37)44/h4-28H,1-3H3. The predicted octanol–water partition coefficient (Wildman–Crippen LogP) is 13.4. The number of hydrogen-bond acceptors (Lipinski definition) is 0. The molecule has 9 rings (SSSR count). The van der Waals surface area contributed by atoms with E-state index < -0.39 is 0 Å². The minimum atomic E-state index is 1.23. The van der Waals surface area contributed by atoms with E-state index in [-0.39, 0.29) is 0 Å². The summed E-state index contributed by atoms with van der Waals surface area (Å²) in [6, 6.07) is 56.6. The first-order valence-electron chi connectivity index (χ1n) is 16.5. The molecule has 0 spiro atoms. The van der Waals surface area contributed by atoms with Crippen LogP contribution in [0.15, 0.2) is 152 Å². The van der Waals surface area contributed by atoms with E-state index in [1.165, 1.54) is 104 Å². The Morgan fingerprint density at radius 3 is 1.51 bits per heavy atom. The summed E-state index contributed by atoms with van der Waals surface area (Å²) in [6.07, 6.45) is 0. The highest BCUT2D eigenvalue weighted by molar-refractivity contribution is 6.27. The maximum Gasteiger partial charge on any atom is -0.00197 e. The molecule has 47 heavy (non-hydrogen) atoms. The van der Waals surface area contributed by atoms with Gasteiger partial charge in [-0.1, -0.05) is 139 Å². The van der Waals surface area contributed by atoms with Crippen molar-refractivity contribution >= 4 is 53.9 Å². The average molecular weight is 599 g/mol. The number of hydrogen-bond donors (Lipinski definition) is 0. The zero-order chi connectivity index (χ0) is 31.6. The molecule has 0 unspecified atom stereocenters. The fourth-order valence-electron chi connectivity index (χ4n) is 7.75. The molecule has 0 fully saturated rings. The van der Waals surface area contributed by atoms with Gasteiger partial charge in [-0.3, -0.25) is 0 Å². The summed E-state index contributed by atoms with van der Waals surface area (Å²) in [7, 11) is 0. The zero-order valence-electron chi connectivity index (χ0n) is 26.9. The third-order valence-electron chi connectivity index (χ3n) is 10.2. The molecule has 0 nitrogen and oxygen atoms in total. The number of benzene rings is 9. The van der Waals surface area contributed by atoms with Crippen molar-refractivity contribution in [3.8, 4) is 33.4 Å². The molecule has 222 valence electrons. The first kappa shape index (κ1) is 27.6. The van der Waals surface area contributed by atoms with Gasteiger partial charge in [-0.05, 0) is 137 Å². The Hall–Kier alpha value is -5.72. The molecule has 0 bridgehead atoms. The highest BCUT2D eigenvalue weighted by atomic mass is 14.2. The zero-order valence-corrected chi connectivity index (χ0v) is 26.9. The van der Waals surface area contributed by atoms with Crippen LogP contribution in [0.4, 0.5) is 0 Å². The lowest BCUT2D eigenvalue weighted by Gasteiger charge is -2.23. The van der Waals surface area contributed by atoms with Gasteiger partial charge in [0, 0.05) is 0 Å². The predicted molar refractivity (Wildman–Crippen MR) is 204 cm³/mol. The second kappa shape index (κ2) is 10.7. The van der Waals surface area contributed by atoms with Gasteiger partial charge < -0.3 is 0 Å². The molecule has 0 amide bonds. The number of fused-ring (bicyclic) bond motifs is 6. The first-order valence-corrected chi connectivity index (χ1v) is 16.5. The summed E-state index contributed by atoms with van der Waals surface area (Å²) in [5.74, 6) is 0. The average Bonchev–Trinajstić information content (AvgIpc) is 3.11. The Balaban J connectivity index is 1.51. The van der Waals surface area contributed by atoms with Gasteiger partial charge in [0.05, 0.1) is 0 Å². The van der Waals surface area contributed by atoms with Gasteiger partial charge in [0.1, 0.15) is 0 Å². The topological polar surface area (TPSA) is 0 Å². The summed E-state index contributed by atoms with van der Waals surface area (Å²) in [4.78, 5) is 0. The summed E-state index contributed by atoms with van der Waals surface area (Å²) in [5, 5.41) is 12.8. The first-order chi connectivity index (χ1) is 23.0. The fourth-order valence-corrected chi connectivity index (χ4v) is 7.75. The molecule has 0 aromatic heterocycles. The largest absolute Gasteiger partial charge is 0.0622 e. The van der Waals surface area contributed by atoms with Crippen LogP contribution < -0.4 is 0 Å². The van der Waals surface area contributed by atoms with Gasteiger partial charge in [-0.2, -0.15) is 0 Å². The Kier molecular flexibility index (Phi) is 6.27. The van der Waals surface area contributed by atoms with E-state index >= 15 is 0 Å². The molecule has 0 N–H and O–H groups in total. The minimum absolute atomic E-state index is 1.23. The van der Waals surface area contributed by atoms with Crippen molar-refractivity contribution in [2.75, 3.05) is 0 Å². The Bertz CT molecular complexity index is 2690. The van der Waals surface area contributed by atoms with Gasteiger partial charge in [-0.25, -0.2) is 0 Å². The number of aryl methyl sites for hydroxylation is 3. The molecule has 0 heteroatoms. The lowest BCUT2D eigenvalue weighted by atomic mass is 9.80. The minimum Gasteiger partial charge on any atom is -0.0622 e. The van der Waals surface area contributed by atoms with Gasteiger partial charge in [0.15, 0.2) is 0 Å². The van der Waals surface area contributed by atoms with E-state index in [9.17, 15) is 0 Å². The second-order valence-electron chi connectivity index (χ2n) is 13.1. The van der Waals surface area contributed by atoms with E-state index in [1.807, 2.05) is 0 Å². The van der Waals surface area contributed by atoms with Gasteiger partial charge in [0.25, 0.3) is 0 Å². The fraction of sp³-hybridized carbons (Fsp3) is 0.0638. The van der Waals surface area contributed by atoms with E-state index in [2.05, 4.69) is 172 Å². The van der Waals surface area contributed by atoms with Crippen molar-refractivity contribution in [3.05, 3.63) is 168 Å². The molecule has 0 heterocycles. The molecular formula is C47H34. The molecule has 0 saturated carbocycles. The molecule has 0 aliphatic carbocycles. The van der Waals surface area contributed by atoms with Crippen LogP contribution in [0.2, 0.25) is 0 Å². The van der Waals surface area contributed by atoms with Gasteiger partial charge >= 0.3 is 0 Å². The summed E-state index contributed by atoms with van der Waals surface area (Å²) < 4.78 is 0. The van der Waals surface area contributed by atoms with Crippen molar-refractivity contribution in [2.24, 2.45) is 0 Å². The molecule has 0 atom stereocenters. The Morgan fingerprint density at radius 1 is 0.298 bits per heavy atom. The lowest BCUT2D eigenvalue weighted by molar-refractivity contribution is 1.37. The van der Waals surface area contributed by atoms with Crippen molar-refractivity contribution in [2.45, 2.75) is 20.8 Å². The highest BCUT2D eigenvalue weighted by Gasteiger charge is 2.22. The van der Waals surface area contributed by atoms with Crippen LogP contribution in [0.1, 0.15) is 16.7 Å². The SMILES string of the molecule is Cc1ccc2c(-c3cc4ccccc4c4ccccc34)c3cc(C)c(C)cc3c(-c3cc4ccccc4cc3-c3ccccc3)c2c1. The number of rotatable bonds is 3. The molecule has 9 aromatic rings. The van der Waals surface area contributed by atoms with E-state index in [0.717, 1.165) is 0 Å². The third kappa shape index (κ3) is 4.37. The summed E-state index contributed by atoms with van der Waals surface area (Å²) in [5.41, 5.74) is 11.5. The van der Waals surface area contributed by atoms with Crippen LogP contribution in [-0.4, -0.2) is 0 Å². The van der Waals surface area contributed by atoms with Crippen molar-refractivity contribution in [1.82, 2.24) is 0 Å². The van der Waals surface area contributed by atoms with Crippen LogP contribution in [-0.2, 0) is 0 Å². The molecule has 0 radical (unpaired) electrons. The molecule has 9 aromatic carbocycles. The van der Waals surface area contributed by atoms with Crippen molar-refractivity contribution in [3.63, 3.8) is 0 Å². The maximum atomic E-state index is 2.44. The second-order valence-corrected chi connectivity index (χ2v) is 13.1. The van der Waals surface area contributed by atoms with Crippen molar-refractivity contribution < 1.29 is 0 Å². The quantitative estimate of drug-likeness (QED) is 0.140. The van der Waals surface area contributed by atoms with Crippen LogP contribution in [0, 0.1) is 20.8 Å². The smallest absolute Gasteiger partial charge is 0.00197 e. The van der Waals surface area contributed by atoms with Gasteiger partial charge in [-0.15, -0.1) is 0 Å². The van der Waals surface area contributed by atoms with E-state index in [1.54, 1.807) is 0 Å². The lowest BCUT2D eigenvalue weighted by Crippen LogP contribution is -1.96. The Morgan fingerprint density at radius 2 is 0.809 bits per heavy atom. The van der Waals surface area contributed by atoms with Crippen LogP contribution in [0.25, 0.3) is 87.2 Å². The summed E-state index contributed by atoms with van der Waals surface area (Å²) >= 11 is 0. The van der Waals surface area contributed by atoms with Gasteiger partial charge in [0.2, 0.25) is 0 Å². The highest BCUT2D eigenvalue weighted by Crippen LogP contribution is 2.49. The Labute approximate surface area is 275 Å². The van der Waals surface area contributed by atoms with E-state index in [4.69, 9.17) is 0 Å². The van der Waals surface area contributed by atoms with Crippen LogP contribution >= 0.6 is 0 Å². The van der Waals surface area contributed by atoms with E-state index in [0.29, 0.717) is 0 Å². The third-order valence-corrected chi connectivity index (χ3v) is 10.2. The molecular weight excluding hydrogens is 565 g/mol. The summed E-state index contributed by atoms with van der Waals surface area (Å²) in [6.45, 7) is 6.72. The molecule has 0 aliphatic rings. The monoisotopic (exact) mass is 598 g/mol. The van der Waals surface area contributed by atoms with Crippen molar-refractivity contribution in [1.29, 1.82) is 0 Å². The molecule has 0 aliphatic heterocycles. The van der Waals surface area contributed by atoms with Crippen LogP contribution in [0.3, 0.4) is 0 Å². The maximum absolute atomic E-state index is 2.44. The van der Waals surface area contributed by atoms with Crippen LogP contribution in [0.5, 0.6) is 0 Å². The normalized spacial score (nSPS) is 11.7. The molecule has 0 saturated heterocycles.